The van der Waals surface area contributed by atoms with Crippen molar-refractivity contribution in [3.8, 4) is 0 Å². The summed E-state index contributed by atoms with van der Waals surface area (Å²) in [5.74, 6) is 0. The van der Waals surface area contributed by atoms with Crippen molar-refractivity contribution < 1.29 is 9.66 Å². The highest BCUT2D eigenvalue weighted by Gasteiger charge is 2.14. The van der Waals surface area contributed by atoms with Gasteiger partial charge in [0.1, 0.15) is 5.69 Å². The lowest BCUT2D eigenvalue weighted by atomic mass is 10.2. The topological polar surface area (TPSA) is 64.4 Å². The van der Waals surface area contributed by atoms with Crippen molar-refractivity contribution in [3.63, 3.8) is 0 Å². The average Bonchev–Trinajstić information content (AvgIpc) is 2.26. The Morgan fingerprint density at radius 2 is 2.31 bits per heavy atom. The van der Waals surface area contributed by atoms with E-state index in [1.807, 2.05) is 6.92 Å². The first-order valence-corrected chi connectivity index (χ1v) is 5.13. The van der Waals surface area contributed by atoms with E-state index in [1.165, 1.54) is 6.07 Å². The van der Waals surface area contributed by atoms with Crippen LogP contribution in [0.1, 0.15) is 6.92 Å². The van der Waals surface area contributed by atoms with Crippen LogP contribution in [0.5, 0.6) is 0 Å². The summed E-state index contributed by atoms with van der Waals surface area (Å²) >= 11 is 5.69. The molecule has 0 saturated heterocycles. The van der Waals surface area contributed by atoms with Gasteiger partial charge in [-0.3, -0.25) is 10.1 Å². The van der Waals surface area contributed by atoms with Crippen molar-refractivity contribution in [1.29, 1.82) is 0 Å². The first-order chi connectivity index (χ1) is 7.54. The zero-order valence-electron chi connectivity index (χ0n) is 9.07. The smallest absolute Gasteiger partial charge is 0.293 e. The molecule has 0 fully saturated rings. The summed E-state index contributed by atoms with van der Waals surface area (Å²) in [4.78, 5) is 10.3. The minimum Gasteiger partial charge on any atom is -0.380 e. The predicted molar refractivity (Wildman–Crippen MR) is 63.1 cm³/mol. The fraction of sp³-hybridized carbons (Fsp3) is 0.400. The third-order valence-electron chi connectivity index (χ3n) is 2.14. The fourth-order valence-corrected chi connectivity index (χ4v) is 1.31. The van der Waals surface area contributed by atoms with E-state index < -0.39 is 4.92 Å². The van der Waals surface area contributed by atoms with E-state index in [0.717, 1.165) is 0 Å². The van der Waals surface area contributed by atoms with Crippen LogP contribution in [0, 0.1) is 10.1 Å². The Kier molecular flexibility index (Phi) is 4.52. The van der Waals surface area contributed by atoms with E-state index in [-0.39, 0.29) is 11.8 Å². The number of halogens is 1. The molecule has 1 aromatic carbocycles. The molecule has 0 spiro atoms. The lowest BCUT2D eigenvalue weighted by molar-refractivity contribution is -0.383. The van der Waals surface area contributed by atoms with Crippen molar-refractivity contribution in [2.24, 2.45) is 0 Å². The van der Waals surface area contributed by atoms with Gasteiger partial charge in [-0.1, -0.05) is 11.6 Å². The van der Waals surface area contributed by atoms with E-state index in [9.17, 15) is 10.1 Å². The molecular formula is C10H13ClN2O3. The van der Waals surface area contributed by atoms with Crippen LogP contribution >= 0.6 is 11.6 Å². The Hall–Kier alpha value is -1.33. The number of benzene rings is 1. The molecule has 0 aliphatic rings. The zero-order chi connectivity index (χ0) is 12.1. The molecule has 1 N–H and O–H groups in total. The lowest BCUT2D eigenvalue weighted by Gasteiger charge is -2.11. The molecular weight excluding hydrogens is 232 g/mol. The number of nitrogens with zero attached hydrogens (tertiary/aromatic N) is 1. The first kappa shape index (κ1) is 12.7. The summed E-state index contributed by atoms with van der Waals surface area (Å²) in [6.07, 6.45) is -0.0183. The molecule has 0 aliphatic carbocycles. The van der Waals surface area contributed by atoms with Gasteiger partial charge in [0.05, 0.1) is 11.0 Å². The Bertz CT molecular complexity index is 384. The van der Waals surface area contributed by atoms with Gasteiger partial charge in [0.25, 0.3) is 5.69 Å². The highest BCUT2D eigenvalue weighted by Crippen LogP contribution is 2.27. The molecule has 16 heavy (non-hydrogen) atoms. The number of nitro groups is 1. The van der Waals surface area contributed by atoms with Gasteiger partial charge in [-0.2, -0.15) is 0 Å². The molecule has 5 nitrogen and oxygen atoms in total. The van der Waals surface area contributed by atoms with Gasteiger partial charge < -0.3 is 10.1 Å². The van der Waals surface area contributed by atoms with E-state index in [1.54, 1.807) is 19.2 Å². The monoisotopic (exact) mass is 244 g/mol. The molecule has 0 saturated carbocycles. The van der Waals surface area contributed by atoms with Gasteiger partial charge in [-0.05, 0) is 19.1 Å². The van der Waals surface area contributed by atoms with Crippen LogP contribution in [-0.2, 0) is 4.74 Å². The maximum atomic E-state index is 10.8. The minimum absolute atomic E-state index is 0.0183. The van der Waals surface area contributed by atoms with E-state index in [2.05, 4.69) is 5.32 Å². The second kappa shape index (κ2) is 5.67. The summed E-state index contributed by atoms with van der Waals surface area (Å²) in [6.45, 7) is 2.37. The average molecular weight is 245 g/mol. The molecule has 1 unspecified atom stereocenters. The SMILES string of the molecule is COC(C)CNc1ccc(Cl)cc1[N+](=O)[O-]. The number of methoxy groups -OCH3 is 1. The van der Waals surface area contributed by atoms with Crippen LogP contribution < -0.4 is 5.32 Å². The minimum atomic E-state index is -0.467. The normalized spacial score (nSPS) is 12.2. The van der Waals surface area contributed by atoms with Crippen LogP contribution in [0.4, 0.5) is 11.4 Å². The second-order valence-corrected chi connectivity index (χ2v) is 3.78. The van der Waals surface area contributed by atoms with E-state index >= 15 is 0 Å². The second-order valence-electron chi connectivity index (χ2n) is 3.35. The van der Waals surface area contributed by atoms with Crippen molar-refractivity contribution in [3.05, 3.63) is 33.3 Å². The summed E-state index contributed by atoms with van der Waals surface area (Å²) in [5, 5.41) is 14.1. The number of nitro benzene ring substituents is 1. The lowest BCUT2D eigenvalue weighted by Crippen LogP contribution is -2.18. The van der Waals surface area contributed by atoms with Gasteiger partial charge in [0.15, 0.2) is 0 Å². The zero-order valence-corrected chi connectivity index (χ0v) is 9.82. The summed E-state index contributed by atoms with van der Waals surface area (Å²) < 4.78 is 5.04. The molecule has 1 rings (SSSR count). The molecule has 88 valence electrons. The van der Waals surface area contributed by atoms with Crippen LogP contribution in [0.3, 0.4) is 0 Å². The number of anilines is 1. The van der Waals surface area contributed by atoms with Crippen LogP contribution in [-0.4, -0.2) is 24.7 Å². The molecule has 1 atom stereocenters. The largest absolute Gasteiger partial charge is 0.380 e. The predicted octanol–water partition coefficient (Wildman–Crippen LogP) is 2.70. The van der Waals surface area contributed by atoms with E-state index in [4.69, 9.17) is 16.3 Å². The number of nitrogens with one attached hydrogen (secondary N) is 1. The maximum absolute atomic E-state index is 10.8. The van der Waals surface area contributed by atoms with Crippen molar-refractivity contribution in [2.45, 2.75) is 13.0 Å². The maximum Gasteiger partial charge on any atom is 0.293 e. The Labute approximate surface area is 98.5 Å². The molecule has 0 aromatic heterocycles. The molecule has 0 radical (unpaired) electrons. The highest BCUT2D eigenvalue weighted by atomic mass is 35.5. The molecule has 0 bridgehead atoms. The Morgan fingerprint density at radius 3 is 2.88 bits per heavy atom. The van der Waals surface area contributed by atoms with E-state index in [0.29, 0.717) is 17.3 Å². The number of hydrogen-bond acceptors (Lipinski definition) is 4. The third kappa shape index (κ3) is 3.36. The number of ether oxygens (including phenoxy) is 1. The molecule has 0 amide bonds. The third-order valence-corrected chi connectivity index (χ3v) is 2.37. The highest BCUT2D eigenvalue weighted by molar-refractivity contribution is 6.30. The van der Waals surface area contributed by atoms with Crippen LogP contribution in [0.25, 0.3) is 0 Å². The summed E-state index contributed by atoms with van der Waals surface area (Å²) in [7, 11) is 1.59. The van der Waals surface area contributed by atoms with Gasteiger partial charge in [0.2, 0.25) is 0 Å². The van der Waals surface area contributed by atoms with Gasteiger partial charge in [-0.25, -0.2) is 0 Å². The molecule has 1 aromatic rings. The van der Waals surface area contributed by atoms with Crippen molar-refractivity contribution in [2.75, 3.05) is 19.0 Å². The molecule has 6 heteroatoms. The van der Waals surface area contributed by atoms with Gasteiger partial charge >= 0.3 is 0 Å². The van der Waals surface area contributed by atoms with Gasteiger partial charge in [-0.15, -0.1) is 0 Å². The molecule has 0 aliphatic heterocycles. The standard InChI is InChI=1S/C10H13ClN2O3/c1-7(16-2)6-12-9-4-3-8(11)5-10(9)13(14)15/h3-5,7,12H,6H2,1-2H3. The number of rotatable bonds is 5. The summed E-state index contributed by atoms with van der Waals surface area (Å²) in [6, 6.07) is 4.51. The number of hydrogen-bond donors (Lipinski definition) is 1. The van der Waals surface area contributed by atoms with Crippen LogP contribution in [0.2, 0.25) is 5.02 Å². The summed E-state index contributed by atoms with van der Waals surface area (Å²) in [5.41, 5.74) is 0.411. The first-order valence-electron chi connectivity index (χ1n) is 4.75. The van der Waals surface area contributed by atoms with Crippen molar-refractivity contribution in [1.82, 2.24) is 0 Å². The van der Waals surface area contributed by atoms with Crippen molar-refractivity contribution >= 4 is 23.0 Å². The molecule has 0 heterocycles. The Morgan fingerprint density at radius 1 is 1.62 bits per heavy atom. The Balaban J connectivity index is 2.82. The van der Waals surface area contributed by atoms with Crippen LogP contribution in [0.15, 0.2) is 18.2 Å². The quantitative estimate of drug-likeness (QED) is 0.639. The van der Waals surface area contributed by atoms with Gasteiger partial charge in [0, 0.05) is 24.7 Å². The fourth-order valence-electron chi connectivity index (χ4n) is 1.14.